The van der Waals surface area contributed by atoms with Crippen LogP contribution in [0.4, 0.5) is 0 Å². The average Bonchev–Trinajstić information content (AvgIpc) is 2.93. The van der Waals surface area contributed by atoms with E-state index in [4.69, 9.17) is 4.74 Å². The number of carbonyl (C=O) groups is 1. The van der Waals surface area contributed by atoms with Gasteiger partial charge in [0, 0.05) is 19.3 Å². The molecule has 1 saturated heterocycles. The summed E-state index contributed by atoms with van der Waals surface area (Å²) in [5.41, 5.74) is 2.62. The van der Waals surface area contributed by atoms with Crippen LogP contribution in [-0.2, 0) is 11.8 Å². The molecule has 0 aliphatic carbocycles. The predicted octanol–water partition coefficient (Wildman–Crippen LogP) is 3.36. The number of ether oxygens (including phenoxy) is 1. The second-order valence-electron chi connectivity index (χ2n) is 7.87. The lowest BCUT2D eigenvalue weighted by molar-refractivity contribution is -0.119. The highest BCUT2D eigenvalue weighted by Gasteiger charge is 2.38. The standard InChI is InChI=1S/C20H27N3O2/c1-14-16(11-21-22(14)5)19(24)23-12-17(15-9-7-6-8-10-15)25-18(13-23)20(2,3)4/h6-11,17-18H,12-13H2,1-5H3/t17-,18+/m0/s1. The molecule has 0 radical (unpaired) electrons. The van der Waals surface area contributed by atoms with Crippen LogP contribution in [0.15, 0.2) is 36.5 Å². The number of amides is 1. The van der Waals surface area contributed by atoms with Crippen molar-refractivity contribution in [3.05, 3.63) is 53.3 Å². The van der Waals surface area contributed by atoms with Gasteiger partial charge in [0.1, 0.15) is 6.10 Å². The summed E-state index contributed by atoms with van der Waals surface area (Å²) in [6.07, 6.45) is 1.53. The zero-order valence-corrected chi connectivity index (χ0v) is 15.7. The second kappa shape index (κ2) is 6.64. The first-order valence-electron chi connectivity index (χ1n) is 8.75. The van der Waals surface area contributed by atoms with E-state index in [9.17, 15) is 4.79 Å². The Labute approximate surface area is 149 Å². The minimum Gasteiger partial charge on any atom is -0.366 e. The summed E-state index contributed by atoms with van der Waals surface area (Å²) < 4.78 is 8.11. The molecule has 0 bridgehead atoms. The van der Waals surface area contributed by atoms with Gasteiger partial charge in [-0.1, -0.05) is 51.1 Å². The molecule has 1 fully saturated rings. The predicted molar refractivity (Wildman–Crippen MR) is 97.4 cm³/mol. The van der Waals surface area contributed by atoms with Crippen LogP contribution >= 0.6 is 0 Å². The van der Waals surface area contributed by atoms with Gasteiger partial charge in [-0.2, -0.15) is 5.10 Å². The average molecular weight is 341 g/mol. The summed E-state index contributed by atoms with van der Waals surface area (Å²) in [4.78, 5) is 15.0. The van der Waals surface area contributed by atoms with Crippen molar-refractivity contribution in [2.75, 3.05) is 13.1 Å². The number of aromatic nitrogens is 2. The topological polar surface area (TPSA) is 47.4 Å². The molecule has 0 saturated carbocycles. The molecule has 2 atom stereocenters. The minimum absolute atomic E-state index is 0.0209. The molecule has 3 rings (SSSR count). The summed E-state index contributed by atoms with van der Waals surface area (Å²) in [6, 6.07) is 10.1. The van der Waals surface area contributed by atoms with E-state index in [1.165, 1.54) is 0 Å². The van der Waals surface area contributed by atoms with Gasteiger partial charge in [0.25, 0.3) is 5.91 Å². The molecule has 134 valence electrons. The Morgan fingerprint density at radius 1 is 1.20 bits per heavy atom. The summed E-state index contributed by atoms with van der Waals surface area (Å²) in [5, 5.41) is 4.21. The van der Waals surface area contributed by atoms with Gasteiger partial charge < -0.3 is 9.64 Å². The molecule has 1 aromatic heterocycles. The molecular formula is C20H27N3O2. The molecule has 1 aliphatic rings. The van der Waals surface area contributed by atoms with E-state index in [1.54, 1.807) is 10.9 Å². The minimum atomic E-state index is -0.111. The number of nitrogens with zero attached hydrogens (tertiary/aromatic N) is 3. The lowest BCUT2D eigenvalue weighted by Gasteiger charge is -2.43. The lowest BCUT2D eigenvalue weighted by atomic mass is 9.87. The van der Waals surface area contributed by atoms with E-state index in [1.807, 2.05) is 37.1 Å². The van der Waals surface area contributed by atoms with Gasteiger partial charge >= 0.3 is 0 Å². The van der Waals surface area contributed by atoms with Crippen LogP contribution in [0.1, 0.15) is 48.5 Å². The Balaban J connectivity index is 1.90. The van der Waals surface area contributed by atoms with Gasteiger partial charge in [-0.05, 0) is 17.9 Å². The van der Waals surface area contributed by atoms with Crippen molar-refractivity contribution in [1.82, 2.24) is 14.7 Å². The van der Waals surface area contributed by atoms with Gasteiger partial charge in [-0.25, -0.2) is 0 Å². The van der Waals surface area contributed by atoms with Gasteiger partial charge in [-0.3, -0.25) is 9.48 Å². The molecule has 2 heterocycles. The molecule has 0 N–H and O–H groups in total. The summed E-state index contributed by atoms with van der Waals surface area (Å²) in [7, 11) is 1.86. The summed E-state index contributed by atoms with van der Waals surface area (Å²) >= 11 is 0. The number of rotatable bonds is 2. The normalized spacial score (nSPS) is 21.4. The molecule has 0 spiro atoms. The number of benzene rings is 1. The largest absolute Gasteiger partial charge is 0.366 e. The molecule has 25 heavy (non-hydrogen) atoms. The number of morpholine rings is 1. The zero-order chi connectivity index (χ0) is 18.2. The van der Waals surface area contributed by atoms with Gasteiger partial charge in [0.2, 0.25) is 0 Å². The maximum Gasteiger partial charge on any atom is 0.257 e. The molecule has 5 nitrogen and oxygen atoms in total. The Morgan fingerprint density at radius 2 is 1.88 bits per heavy atom. The maximum absolute atomic E-state index is 13.1. The third kappa shape index (κ3) is 3.61. The molecule has 0 unspecified atom stereocenters. The highest BCUT2D eigenvalue weighted by Crippen LogP contribution is 2.34. The fourth-order valence-corrected chi connectivity index (χ4v) is 3.13. The van der Waals surface area contributed by atoms with Crippen molar-refractivity contribution in [3.8, 4) is 0 Å². The van der Waals surface area contributed by atoms with E-state index in [-0.39, 0.29) is 23.5 Å². The first-order chi connectivity index (χ1) is 11.8. The SMILES string of the molecule is Cc1c(C(=O)N2C[C@@H](c3ccccc3)O[C@@H](C(C)(C)C)C2)cnn1C. The number of carbonyl (C=O) groups excluding carboxylic acids is 1. The van der Waals surface area contributed by atoms with Crippen LogP contribution in [0.3, 0.4) is 0 Å². The molecule has 2 aromatic rings. The number of hydrogen-bond acceptors (Lipinski definition) is 3. The number of hydrogen-bond donors (Lipinski definition) is 0. The van der Waals surface area contributed by atoms with E-state index < -0.39 is 0 Å². The van der Waals surface area contributed by atoms with Crippen molar-refractivity contribution in [2.24, 2.45) is 12.5 Å². The Kier molecular flexibility index (Phi) is 4.69. The molecular weight excluding hydrogens is 314 g/mol. The van der Waals surface area contributed by atoms with Crippen LogP contribution in [0.25, 0.3) is 0 Å². The first-order valence-corrected chi connectivity index (χ1v) is 8.75. The monoisotopic (exact) mass is 341 g/mol. The Bertz CT molecular complexity index is 746. The third-order valence-corrected chi connectivity index (χ3v) is 4.99. The highest BCUT2D eigenvalue weighted by atomic mass is 16.5. The third-order valence-electron chi connectivity index (χ3n) is 4.99. The first kappa shape index (κ1) is 17.7. The highest BCUT2D eigenvalue weighted by molar-refractivity contribution is 5.95. The van der Waals surface area contributed by atoms with Crippen molar-refractivity contribution in [1.29, 1.82) is 0 Å². The van der Waals surface area contributed by atoms with Gasteiger partial charge in [0.15, 0.2) is 0 Å². The van der Waals surface area contributed by atoms with Crippen molar-refractivity contribution >= 4 is 5.91 Å². The molecule has 1 amide bonds. The van der Waals surface area contributed by atoms with E-state index in [0.29, 0.717) is 18.7 Å². The van der Waals surface area contributed by atoms with Gasteiger partial charge in [-0.15, -0.1) is 0 Å². The van der Waals surface area contributed by atoms with Crippen LogP contribution in [0.2, 0.25) is 0 Å². The second-order valence-corrected chi connectivity index (χ2v) is 7.87. The smallest absolute Gasteiger partial charge is 0.257 e. The fraction of sp³-hybridized carbons (Fsp3) is 0.500. The molecule has 1 aliphatic heterocycles. The zero-order valence-electron chi connectivity index (χ0n) is 15.7. The van der Waals surface area contributed by atoms with Crippen molar-refractivity contribution < 1.29 is 9.53 Å². The van der Waals surface area contributed by atoms with Crippen LogP contribution in [-0.4, -0.2) is 39.8 Å². The molecule has 5 heteroatoms. The van der Waals surface area contributed by atoms with Crippen LogP contribution < -0.4 is 0 Å². The van der Waals surface area contributed by atoms with Crippen molar-refractivity contribution in [3.63, 3.8) is 0 Å². The van der Waals surface area contributed by atoms with E-state index >= 15 is 0 Å². The summed E-state index contributed by atoms with van der Waals surface area (Å²) in [6.45, 7) is 9.55. The summed E-state index contributed by atoms with van der Waals surface area (Å²) in [5.74, 6) is 0.0316. The number of aryl methyl sites for hydroxylation is 1. The molecule has 1 aromatic carbocycles. The van der Waals surface area contributed by atoms with Crippen LogP contribution in [0.5, 0.6) is 0 Å². The van der Waals surface area contributed by atoms with E-state index in [2.05, 4.69) is 38.0 Å². The van der Waals surface area contributed by atoms with Crippen molar-refractivity contribution in [2.45, 2.75) is 39.9 Å². The lowest BCUT2D eigenvalue weighted by Crippen LogP contribution is -2.51. The fourth-order valence-electron chi connectivity index (χ4n) is 3.13. The Hall–Kier alpha value is -2.14. The quantitative estimate of drug-likeness (QED) is 0.841. The van der Waals surface area contributed by atoms with E-state index in [0.717, 1.165) is 11.3 Å². The van der Waals surface area contributed by atoms with Gasteiger partial charge in [0.05, 0.1) is 24.4 Å². The van der Waals surface area contributed by atoms with Crippen LogP contribution in [0, 0.1) is 12.3 Å². The Morgan fingerprint density at radius 3 is 2.44 bits per heavy atom. The maximum atomic E-state index is 13.1.